The third-order valence-corrected chi connectivity index (χ3v) is 5.42. The van der Waals surface area contributed by atoms with Crippen molar-refractivity contribution in [3.05, 3.63) is 95.6 Å². The maximum absolute atomic E-state index is 14.6. The quantitative estimate of drug-likeness (QED) is 0.461. The van der Waals surface area contributed by atoms with Crippen LogP contribution in [0.25, 0.3) is 17.1 Å². The summed E-state index contributed by atoms with van der Waals surface area (Å²) in [4.78, 5) is 11.2. The van der Waals surface area contributed by atoms with Gasteiger partial charge in [-0.05, 0) is 29.8 Å². The van der Waals surface area contributed by atoms with E-state index >= 15 is 0 Å². The fourth-order valence-corrected chi connectivity index (χ4v) is 3.83. The Morgan fingerprint density at radius 1 is 0.967 bits per heavy atom. The van der Waals surface area contributed by atoms with Crippen LogP contribution in [-0.4, -0.2) is 20.7 Å². The average molecular weight is 422 g/mol. The fraction of sp³-hybridized carbons (Fsp3) is 0.0455. The van der Waals surface area contributed by atoms with E-state index in [4.69, 9.17) is 5.73 Å². The number of aromatic nitrogens is 3. The molecule has 0 bridgehead atoms. The van der Waals surface area contributed by atoms with Crippen LogP contribution in [0.1, 0.15) is 15.9 Å². The molecule has 2 N–H and O–H groups in total. The number of thioether (sulfide) groups is 1. The van der Waals surface area contributed by atoms with E-state index in [9.17, 15) is 13.6 Å². The van der Waals surface area contributed by atoms with E-state index < -0.39 is 17.5 Å². The Labute approximate surface area is 175 Å². The highest BCUT2D eigenvalue weighted by Gasteiger charge is 2.19. The number of hydrogen-bond acceptors (Lipinski definition) is 4. The molecule has 1 aromatic heterocycles. The summed E-state index contributed by atoms with van der Waals surface area (Å²) in [6, 6.07) is 19.6. The fourth-order valence-electron chi connectivity index (χ4n) is 2.93. The molecular formula is C22H16F2N4OS. The number of primary amides is 1. The van der Waals surface area contributed by atoms with Gasteiger partial charge < -0.3 is 5.73 Å². The predicted molar refractivity (Wildman–Crippen MR) is 111 cm³/mol. The molecule has 0 aliphatic carbocycles. The summed E-state index contributed by atoms with van der Waals surface area (Å²) < 4.78 is 29.6. The third-order valence-electron chi connectivity index (χ3n) is 4.42. The SMILES string of the molecule is NC(=O)c1ccc(CSc2nnc(-c3ccccc3)n2-c2ccc(F)cc2F)cc1. The lowest BCUT2D eigenvalue weighted by Gasteiger charge is -2.11. The normalized spacial score (nSPS) is 10.9. The smallest absolute Gasteiger partial charge is 0.248 e. The molecule has 0 saturated carbocycles. The Kier molecular flexibility index (Phi) is 5.58. The molecule has 0 fully saturated rings. The van der Waals surface area contributed by atoms with Crippen LogP contribution in [0.5, 0.6) is 0 Å². The van der Waals surface area contributed by atoms with Crippen LogP contribution >= 0.6 is 11.8 Å². The van der Waals surface area contributed by atoms with Gasteiger partial charge >= 0.3 is 0 Å². The molecule has 8 heteroatoms. The number of hydrogen-bond donors (Lipinski definition) is 1. The summed E-state index contributed by atoms with van der Waals surface area (Å²) in [5.74, 6) is -0.899. The number of halogens is 2. The van der Waals surface area contributed by atoms with E-state index in [1.165, 1.54) is 23.9 Å². The second kappa shape index (κ2) is 8.46. The first-order chi connectivity index (χ1) is 14.5. The first-order valence-corrected chi connectivity index (χ1v) is 9.99. The zero-order chi connectivity index (χ0) is 21.1. The molecule has 4 rings (SSSR count). The molecule has 30 heavy (non-hydrogen) atoms. The Bertz CT molecular complexity index is 1190. The Balaban J connectivity index is 1.71. The summed E-state index contributed by atoms with van der Waals surface area (Å²) in [6.45, 7) is 0. The van der Waals surface area contributed by atoms with Gasteiger partial charge in [0.1, 0.15) is 11.6 Å². The van der Waals surface area contributed by atoms with Gasteiger partial charge in [-0.15, -0.1) is 10.2 Å². The summed E-state index contributed by atoms with van der Waals surface area (Å²) in [6.07, 6.45) is 0. The molecule has 1 amide bonds. The topological polar surface area (TPSA) is 73.8 Å². The maximum Gasteiger partial charge on any atom is 0.248 e. The highest BCUT2D eigenvalue weighted by atomic mass is 32.2. The van der Waals surface area contributed by atoms with Gasteiger partial charge in [0.2, 0.25) is 5.91 Å². The summed E-state index contributed by atoms with van der Waals surface area (Å²) >= 11 is 1.35. The molecule has 0 aliphatic rings. The van der Waals surface area contributed by atoms with Gasteiger partial charge in [-0.1, -0.05) is 54.2 Å². The number of carbonyl (C=O) groups is 1. The predicted octanol–water partition coefficient (Wildman–Crippen LogP) is 4.60. The molecule has 0 aliphatic heterocycles. The zero-order valence-corrected chi connectivity index (χ0v) is 16.4. The number of benzene rings is 3. The van der Waals surface area contributed by atoms with Crippen molar-refractivity contribution >= 4 is 17.7 Å². The third kappa shape index (κ3) is 4.08. The molecule has 0 saturated heterocycles. The average Bonchev–Trinajstić information content (AvgIpc) is 3.17. The molecule has 0 radical (unpaired) electrons. The van der Waals surface area contributed by atoms with Crippen LogP contribution in [0.3, 0.4) is 0 Å². The van der Waals surface area contributed by atoms with Gasteiger partial charge in [0, 0.05) is 22.9 Å². The minimum atomic E-state index is -0.709. The van der Waals surface area contributed by atoms with Crippen molar-refractivity contribution in [1.82, 2.24) is 14.8 Å². The molecule has 0 spiro atoms. The van der Waals surface area contributed by atoms with E-state index in [1.54, 1.807) is 28.8 Å². The summed E-state index contributed by atoms with van der Waals surface area (Å²) in [7, 11) is 0. The molecule has 4 aromatic rings. The van der Waals surface area contributed by atoms with Crippen molar-refractivity contribution in [2.45, 2.75) is 10.9 Å². The number of amides is 1. The first kappa shape index (κ1) is 19.8. The minimum Gasteiger partial charge on any atom is -0.366 e. The number of nitrogens with two attached hydrogens (primary N) is 1. The van der Waals surface area contributed by atoms with Crippen molar-refractivity contribution in [2.24, 2.45) is 5.73 Å². The van der Waals surface area contributed by atoms with Gasteiger partial charge in [-0.2, -0.15) is 0 Å². The van der Waals surface area contributed by atoms with Gasteiger partial charge in [-0.3, -0.25) is 9.36 Å². The number of rotatable bonds is 6. The second-order valence-electron chi connectivity index (χ2n) is 6.45. The lowest BCUT2D eigenvalue weighted by atomic mass is 10.1. The second-order valence-corrected chi connectivity index (χ2v) is 7.40. The van der Waals surface area contributed by atoms with E-state index in [2.05, 4.69) is 10.2 Å². The van der Waals surface area contributed by atoms with Crippen molar-refractivity contribution in [1.29, 1.82) is 0 Å². The standard InChI is InChI=1S/C22H16F2N4OS/c23-17-10-11-19(18(24)12-17)28-21(16-4-2-1-3-5-16)26-27-22(28)30-13-14-6-8-15(9-7-14)20(25)29/h1-12H,13H2,(H2,25,29). The lowest BCUT2D eigenvalue weighted by Crippen LogP contribution is -2.10. The number of carbonyl (C=O) groups excluding carboxylic acids is 1. The van der Waals surface area contributed by atoms with Gasteiger partial charge in [0.05, 0.1) is 5.69 Å². The van der Waals surface area contributed by atoms with Crippen LogP contribution in [-0.2, 0) is 5.75 Å². The Hall–Kier alpha value is -3.52. The van der Waals surface area contributed by atoms with Crippen LogP contribution < -0.4 is 5.73 Å². The van der Waals surface area contributed by atoms with E-state index in [-0.39, 0.29) is 5.69 Å². The first-order valence-electron chi connectivity index (χ1n) is 9.01. The highest BCUT2D eigenvalue weighted by molar-refractivity contribution is 7.98. The Morgan fingerprint density at radius 3 is 2.37 bits per heavy atom. The van der Waals surface area contributed by atoms with Crippen molar-refractivity contribution in [3.8, 4) is 17.1 Å². The van der Waals surface area contributed by atoms with Crippen LogP contribution in [0.4, 0.5) is 8.78 Å². The summed E-state index contributed by atoms with van der Waals surface area (Å²) in [5, 5.41) is 8.94. The van der Waals surface area contributed by atoms with E-state index in [0.717, 1.165) is 17.2 Å². The van der Waals surface area contributed by atoms with Gasteiger partial charge in [0.15, 0.2) is 11.0 Å². The van der Waals surface area contributed by atoms with E-state index in [0.29, 0.717) is 22.3 Å². The largest absolute Gasteiger partial charge is 0.366 e. The van der Waals surface area contributed by atoms with Crippen LogP contribution in [0.15, 0.2) is 78.0 Å². The highest BCUT2D eigenvalue weighted by Crippen LogP contribution is 2.31. The molecule has 150 valence electrons. The maximum atomic E-state index is 14.6. The monoisotopic (exact) mass is 422 g/mol. The molecule has 0 unspecified atom stereocenters. The van der Waals surface area contributed by atoms with Crippen LogP contribution in [0, 0.1) is 11.6 Å². The molecule has 3 aromatic carbocycles. The minimum absolute atomic E-state index is 0.159. The van der Waals surface area contributed by atoms with Gasteiger partial charge in [-0.25, -0.2) is 8.78 Å². The molecule has 5 nitrogen and oxygen atoms in total. The molecular weight excluding hydrogens is 406 g/mol. The molecule has 0 atom stereocenters. The van der Waals surface area contributed by atoms with E-state index in [1.807, 2.05) is 30.3 Å². The van der Waals surface area contributed by atoms with Gasteiger partial charge in [0.25, 0.3) is 0 Å². The Morgan fingerprint density at radius 2 is 1.70 bits per heavy atom. The van der Waals surface area contributed by atoms with Crippen molar-refractivity contribution < 1.29 is 13.6 Å². The van der Waals surface area contributed by atoms with Crippen LogP contribution in [0.2, 0.25) is 0 Å². The lowest BCUT2D eigenvalue weighted by molar-refractivity contribution is 0.100. The summed E-state index contributed by atoms with van der Waals surface area (Å²) in [5.41, 5.74) is 7.54. The number of nitrogens with zero attached hydrogens (tertiary/aromatic N) is 3. The zero-order valence-electron chi connectivity index (χ0n) is 15.6. The molecule has 1 heterocycles. The van der Waals surface area contributed by atoms with Crippen molar-refractivity contribution in [2.75, 3.05) is 0 Å². The van der Waals surface area contributed by atoms with Crippen molar-refractivity contribution in [3.63, 3.8) is 0 Å².